The molecular weight excluding hydrogens is 282 g/mol. The summed E-state index contributed by atoms with van der Waals surface area (Å²) in [6.45, 7) is 4.98. The molecular formula is C21H23NO. The summed E-state index contributed by atoms with van der Waals surface area (Å²) in [6.07, 6.45) is 5.39. The highest BCUT2D eigenvalue weighted by atomic mass is 16.5. The van der Waals surface area contributed by atoms with Crippen molar-refractivity contribution in [3.8, 4) is 11.8 Å². The van der Waals surface area contributed by atoms with Crippen LogP contribution in [0.1, 0.15) is 42.9 Å². The molecule has 0 atom stereocenters. The molecule has 2 aromatic carbocycles. The summed E-state index contributed by atoms with van der Waals surface area (Å²) < 4.78 is 5.71. The van der Waals surface area contributed by atoms with Crippen LogP contribution in [0.25, 0.3) is 11.6 Å². The highest BCUT2D eigenvalue weighted by Gasteiger charge is 2.01. The number of rotatable bonds is 7. The van der Waals surface area contributed by atoms with Gasteiger partial charge in [0.2, 0.25) is 0 Å². The Kier molecular flexibility index (Phi) is 6.44. The second-order valence-corrected chi connectivity index (χ2v) is 5.66. The highest BCUT2D eigenvalue weighted by Crippen LogP contribution is 2.20. The van der Waals surface area contributed by atoms with Crippen LogP contribution in [0.5, 0.6) is 5.75 Å². The topological polar surface area (TPSA) is 33.0 Å². The normalized spacial score (nSPS) is 11.1. The highest BCUT2D eigenvalue weighted by molar-refractivity contribution is 5.89. The van der Waals surface area contributed by atoms with E-state index < -0.39 is 0 Å². The van der Waals surface area contributed by atoms with Gasteiger partial charge in [0.05, 0.1) is 18.2 Å². The number of hydrogen-bond donors (Lipinski definition) is 0. The maximum absolute atomic E-state index is 9.39. The van der Waals surface area contributed by atoms with E-state index >= 15 is 0 Å². The second-order valence-electron chi connectivity index (χ2n) is 5.66. The molecule has 2 aromatic rings. The van der Waals surface area contributed by atoms with Crippen LogP contribution in [0, 0.1) is 18.3 Å². The molecule has 2 heteroatoms. The minimum absolute atomic E-state index is 0.668. The van der Waals surface area contributed by atoms with E-state index in [1.165, 1.54) is 18.4 Å². The van der Waals surface area contributed by atoms with Crippen LogP contribution >= 0.6 is 0 Å². The Morgan fingerprint density at radius 3 is 2.35 bits per heavy atom. The zero-order valence-corrected chi connectivity index (χ0v) is 13.9. The molecule has 23 heavy (non-hydrogen) atoms. The van der Waals surface area contributed by atoms with Crippen LogP contribution in [0.15, 0.2) is 48.5 Å². The van der Waals surface area contributed by atoms with Gasteiger partial charge < -0.3 is 4.74 Å². The van der Waals surface area contributed by atoms with Gasteiger partial charge in [-0.2, -0.15) is 5.26 Å². The molecule has 0 aliphatic carbocycles. The summed E-state index contributed by atoms with van der Waals surface area (Å²) in [4.78, 5) is 0. The Hall–Kier alpha value is -2.53. The number of benzene rings is 2. The lowest BCUT2D eigenvalue weighted by Crippen LogP contribution is -1.96. The van der Waals surface area contributed by atoms with Crippen LogP contribution < -0.4 is 4.74 Å². The van der Waals surface area contributed by atoms with Crippen LogP contribution in [0.3, 0.4) is 0 Å². The van der Waals surface area contributed by atoms with Gasteiger partial charge in [-0.25, -0.2) is 0 Å². The second kappa shape index (κ2) is 8.80. The fourth-order valence-electron chi connectivity index (χ4n) is 2.28. The van der Waals surface area contributed by atoms with Gasteiger partial charge in [0.25, 0.3) is 0 Å². The molecule has 0 fully saturated rings. The molecule has 0 unspecified atom stereocenters. The predicted octanol–water partition coefficient (Wildman–Crippen LogP) is 5.63. The SMILES string of the molecule is CCCCCOc1ccc(C=C(C#N)c2ccc(C)cc2)cc1. The molecule has 0 heterocycles. The number of allylic oxidation sites excluding steroid dienone is 1. The summed E-state index contributed by atoms with van der Waals surface area (Å²) >= 11 is 0. The molecule has 0 N–H and O–H groups in total. The molecule has 2 nitrogen and oxygen atoms in total. The first-order valence-corrected chi connectivity index (χ1v) is 8.14. The van der Waals surface area contributed by atoms with Crippen molar-refractivity contribution in [3.63, 3.8) is 0 Å². The van der Waals surface area contributed by atoms with Crippen molar-refractivity contribution in [1.82, 2.24) is 0 Å². The summed E-state index contributed by atoms with van der Waals surface area (Å²) in [7, 11) is 0. The van der Waals surface area contributed by atoms with Gasteiger partial charge in [0.1, 0.15) is 5.75 Å². The van der Waals surface area contributed by atoms with Crippen LogP contribution in [-0.4, -0.2) is 6.61 Å². The molecule has 118 valence electrons. The quantitative estimate of drug-likeness (QED) is 0.377. The first-order chi connectivity index (χ1) is 11.2. The summed E-state index contributed by atoms with van der Waals surface area (Å²) in [5.41, 5.74) is 3.80. The molecule has 0 bridgehead atoms. The van der Waals surface area contributed by atoms with E-state index in [0.717, 1.165) is 29.9 Å². The molecule has 0 spiro atoms. The Labute approximate surface area is 139 Å². The average molecular weight is 305 g/mol. The number of unbranched alkanes of at least 4 members (excludes halogenated alkanes) is 2. The Morgan fingerprint density at radius 2 is 1.74 bits per heavy atom. The van der Waals surface area contributed by atoms with E-state index in [4.69, 9.17) is 4.74 Å². The standard InChI is InChI=1S/C21H23NO/c1-3-4-5-14-23-21-12-8-18(9-13-21)15-20(16-22)19-10-6-17(2)7-11-19/h6-13,15H,3-5,14H2,1-2H3. The summed E-state index contributed by atoms with van der Waals surface area (Å²) in [5.74, 6) is 0.882. The molecule has 0 amide bonds. The maximum Gasteiger partial charge on any atom is 0.119 e. The molecule has 0 aliphatic heterocycles. The molecule has 2 rings (SSSR count). The van der Waals surface area contributed by atoms with Gasteiger partial charge in [-0.15, -0.1) is 0 Å². The van der Waals surface area contributed by atoms with E-state index in [-0.39, 0.29) is 0 Å². The van der Waals surface area contributed by atoms with Crippen LogP contribution in [0.2, 0.25) is 0 Å². The van der Waals surface area contributed by atoms with E-state index in [1.54, 1.807) is 0 Å². The van der Waals surface area contributed by atoms with Gasteiger partial charge in [-0.1, -0.05) is 61.7 Å². The van der Waals surface area contributed by atoms with Gasteiger partial charge in [-0.3, -0.25) is 0 Å². The maximum atomic E-state index is 9.39. The Morgan fingerprint density at radius 1 is 1.04 bits per heavy atom. The van der Waals surface area contributed by atoms with Gasteiger partial charge in [0, 0.05) is 0 Å². The third kappa shape index (κ3) is 5.30. The van der Waals surface area contributed by atoms with Gasteiger partial charge in [0.15, 0.2) is 0 Å². The van der Waals surface area contributed by atoms with Crippen molar-refractivity contribution in [2.45, 2.75) is 33.1 Å². The Bertz CT molecular complexity index is 675. The van der Waals surface area contributed by atoms with E-state index in [2.05, 4.69) is 13.0 Å². The van der Waals surface area contributed by atoms with Crippen molar-refractivity contribution in [1.29, 1.82) is 5.26 Å². The predicted molar refractivity (Wildman–Crippen MR) is 96.1 cm³/mol. The molecule has 0 saturated heterocycles. The minimum atomic E-state index is 0.668. The van der Waals surface area contributed by atoms with Crippen molar-refractivity contribution in [2.24, 2.45) is 0 Å². The van der Waals surface area contributed by atoms with E-state index in [0.29, 0.717) is 5.57 Å². The first kappa shape index (κ1) is 16.8. The van der Waals surface area contributed by atoms with Gasteiger partial charge >= 0.3 is 0 Å². The van der Waals surface area contributed by atoms with Crippen molar-refractivity contribution < 1.29 is 4.74 Å². The zero-order valence-electron chi connectivity index (χ0n) is 13.9. The molecule has 0 saturated carbocycles. The number of aryl methyl sites for hydroxylation is 1. The number of hydrogen-bond acceptors (Lipinski definition) is 2. The van der Waals surface area contributed by atoms with Crippen molar-refractivity contribution in [3.05, 3.63) is 65.2 Å². The first-order valence-electron chi connectivity index (χ1n) is 8.14. The largest absolute Gasteiger partial charge is 0.494 e. The van der Waals surface area contributed by atoms with E-state index in [1.807, 2.05) is 61.5 Å². The monoisotopic (exact) mass is 305 g/mol. The molecule has 0 radical (unpaired) electrons. The summed E-state index contributed by atoms with van der Waals surface area (Å²) in [5, 5.41) is 9.39. The molecule has 0 aliphatic rings. The third-order valence-electron chi connectivity index (χ3n) is 3.69. The van der Waals surface area contributed by atoms with Crippen molar-refractivity contribution in [2.75, 3.05) is 6.61 Å². The fourth-order valence-corrected chi connectivity index (χ4v) is 2.28. The summed E-state index contributed by atoms with van der Waals surface area (Å²) in [6, 6.07) is 18.2. The minimum Gasteiger partial charge on any atom is -0.494 e. The smallest absolute Gasteiger partial charge is 0.119 e. The lowest BCUT2D eigenvalue weighted by atomic mass is 10.0. The zero-order chi connectivity index (χ0) is 16.5. The molecule has 0 aromatic heterocycles. The number of ether oxygens (including phenoxy) is 1. The fraction of sp³-hybridized carbons (Fsp3) is 0.286. The average Bonchev–Trinajstić information content (AvgIpc) is 2.59. The van der Waals surface area contributed by atoms with Crippen LogP contribution in [0.4, 0.5) is 0 Å². The van der Waals surface area contributed by atoms with Gasteiger partial charge in [-0.05, 0) is 42.7 Å². The lowest BCUT2D eigenvalue weighted by Gasteiger charge is -2.06. The number of nitriles is 1. The van der Waals surface area contributed by atoms with E-state index in [9.17, 15) is 5.26 Å². The number of nitrogens with zero attached hydrogens (tertiary/aromatic N) is 1. The third-order valence-corrected chi connectivity index (χ3v) is 3.69. The Balaban J connectivity index is 2.05. The van der Waals surface area contributed by atoms with Crippen LogP contribution in [-0.2, 0) is 0 Å². The lowest BCUT2D eigenvalue weighted by molar-refractivity contribution is 0.306. The van der Waals surface area contributed by atoms with Crippen molar-refractivity contribution >= 4 is 11.6 Å².